The first kappa shape index (κ1) is 19.4. The highest BCUT2D eigenvalue weighted by Gasteiger charge is 2.29. The van der Waals surface area contributed by atoms with Gasteiger partial charge in [0.05, 0.1) is 11.1 Å². The number of anilines is 3. The number of fused-ring (bicyclic) bond motifs is 1. The quantitative estimate of drug-likeness (QED) is 0.615. The monoisotopic (exact) mass is 401 g/mol. The number of para-hydroxylation sites is 1. The van der Waals surface area contributed by atoms with Crippen molar-refractivity contribution >= 4 is 28.4 Å². The molecule has 0 radical (unpaired) electrons. The number of nitrogens with one attached hydrogen (secondary N) is 2. The van der Waals surface area contributed by atoms with E-state index >= 15 is 0 Å². The molecule has 0 spiro atoms. The van der Waals surface area contributed by atoms with Gasteiger partial charge in [0.15, 0.2) is 0 Å². The van der Waals surface area contributed by atoms with Crippen LogP contribution in [0.5, 0.6) is 0 Å². The Morgan fingerprint density at radius 3 is 2.38 bits per heavy atom. The van der Waals surface area contributed by atoms with E-state index in [9.17, 15) is 13.2 Å². The van der Waals surface area contributed by atoms with E-state index in [1.54, 1.807) is 0 Å². The molecule has 2 aromatic carbocycles. The summed E-state index contributed by atoms with van der Waals surface area (Å²) < 4.78 is 38.2. The van der Waals surface area contributed by atoms with Crippen LogP contribution in [0, 0.1) is 0 Å². The summed E-state index contributed by atoms with van der Waals surface area (Å²) >= 11 is 0. The maximum atomic E-state index is 12.7. The van der Waals surface area contributed by atoms with Crippen LogP contribution >= 0.6 is 0 Å². The number of benzene rings is 2. The maximum absolute atomic E-state index is 12.7. The molecule has 1 fully saturated rings. The van der Waals surface area contributed by atoms with E-state index in [1.807, 2.05) is 24.3 Å². The molecule has 0 bridgehead atoms. The van der Waals surface area contributed by atoms with Crippen LogP contribution in [-0.4, -0.2) is 41.0 Å². The van der Waals surface area contributed by atoms with E-state index in [4.69, 9.17) is 0 Å². The first-order valence-corrected chi connectivity index (χ1v) is 9.66. The van der Waals surface area contributed by atoms with Crippen molar-refractivity contribution in [2.45, 2.75) is 19.0 Å². The Balaban J connectivity index is 1.53. The Bertz CT molecular complexity index is 966. The van der Waals surface area contributed by atoms with Crippen LogP contribution in [0.1, 0.15) is 18.4 Å². The fourth-order valence-corrected chi connectivity index (χ4v) is 3.48. The van der Waals surface area contributed by atoms with Gasteiger partial charge in [-0.3, -0.25) is 0 Å². The van der Waals surface area contributed by atoms with Gasteiger partial charge in [-0.1, -0.05) is 12.1 Å². The van der Waals surface area contributed by atoms with Crippen LogP contribution in [0.4, 0.5) is 30.6 Å². The van der Waals surface area contributed by atoms with Crippen molar-refractivity contribution < 1.29 is 13.2 Å². The molecule has 0 amide bonds. The second-order valence-electron chi connectivity index (χ2n) is 7.09. The molecule has 152 valence electrons. The molecule has 3 aromatic rings. The van der Waals surface area contributed by atoms with E-state index < -0.39 is 11.7 Å². The van der Waals surface area contributed by atoms with E-state index in [-0.39, 0.29) is 0 Å². The Hall–Kier alpha value is -2.87. The van der Waals surface area contributed by atoms with Crippen molar-refractivity contribution in [3.8, 4) is 0 Å². The zero-order chi connectivity index (χ0) is 20.3. The summed E-state index contributed by atoms with van der Waals surface area (Å²) in [5.41, 5.74) is 0.573. The van der Waals surface area contributed by atoms with Crippen molar-refractivity contribution in [2.75, 3.05) is 36.8 Å². The van der Waals surface area contributed by atoms with Crippen molar-refractivity contribution in [3.63, 3.8) is 0 Å². The number of nitrogens with zero attached hydrogens (tertiary/aromatic N) is 3. The van der Waals surface area contributed by atoms with Gasteiger partial charge in [0, 0.05) is 24.2 Å². The van der Waals surface area contributed by atoms with Crippen LogP contribution in [0.3, 0.4) is 0 Å². The molecule has 0 unspecified atom stereocenters. The fourth-order valence-electron chi connectivity index (χ4n) is 3.48. The van der Waals surface area contributed by atoms with Crippen LogP contribution in [0.25, 0.3) is 10.9 Å². The smallest absolute Gasteiger partial charge is 0.368 e. The summed E-state index contributed by atoms with van der Waals surface area (Å²) in [5, 5.41) is 7.30. The lowest BCUT2D eigenvalue weighted by molar-refractivity contribution is -0.137. The lowest BCUT2D eigenvalue weighted by atomic mass is 10.2. The number of aromatic nitrogens is 2. The van der Waals surface area contributed by atoms with Crippen molar-refractivity contribution in [2.24, 2.45) is 0 Å². The SMILES string of the molecule is FC(F)(F)c1ccc(Nc2nc(NCCN3CCCC3)c3ccccc3n2)cc1. The molecule has 0 atom stereocenters. The first-order valence-electron chi connectivity index (χ1n) is 9.66. The molecule has 0 saturated carbocycles. The predicted molar refractivity (Wildman–Crippen MR) is 108 cm³/mol. The third-order valence-corrected chi connectivity index (χ3v) is 4.99. The molecule has 5 nitrogen and oxygen atoms in total. The number of rotatable bonds is 6. The summed E-state index contributed by atoms with van der Waals surface area (Å²) in [7, 11) is 0. The molecule has 1 saturated heterocycles. The van der Waals surface area contributed by atoms with Gasteiger partial charge in [-0.05, 0) is 62.3 Å². The van der Waals surface area contributed by atoms with Gasteiger partial charge in [-0.25, -0.2) is 4.98 Å². The molecule has 8 heteroatoms. The van der Waals surface area contributed by atoms with E-state index in [0.717, 1.165) is 49.2 Å². The van der Waals surface area contributed by atoms with Gasteiger partial charge in [-0.15, -0.1) is 0 Å². The highest BCUT2D eigenvalue weighted by Crippen LogP contribution is 2.30. The lowest BCUT2D eigenvalue weighted by Crippen LogP contribution is -2.26. The summed E-state index contributed by atoms with van der Waals surface area (Å²) in [5.74, 6) is 1.05. The highest BCUT2D eigenvalue weighted by molar-refractivity contribution is 5.90. The lowest BCUT2D eigenvalue weighted by Gasteiger charge is -2.16. The molecule has 1 aliphatic heterocycles. The molecule has 4 rings (SSSR count). The summed E-state index contributed by atoms with van der Waals surface area (Å²) in [6, 6.07) is 12.5. The largest absolute Gasteiger partial charge is 0.416 e. The zero-order valence-electron chi connectivity index (χ0n) is 15.8. The number of alkyl halides is 3. The Morgan fingerprint density at radius 2 is 1.66 bits per heavy atom. The predicted octanol–water partition coefficient (Wildman–Crippen LogP) is 4.90. The number of likely N-dealkylation sites (tertiary alicyclic amines) is 1. The van der Waals surface area contributed by atoms with Crippen LogP contribution < -0.4 is 10.6 Å². The minimum Gasteiger partial charge on any atom is -0.368 e. The third kappa shape index (κ3) is 4.76. The molecular formula is C21H22F3N5. The number of hydrogen-bond acceptors (Lipinski definition) is 5. The van der Waals surface area contributed by atoms with Crippen LogP contribution in [0.15, 0.2) is 48.5 Å². The summed E-state index contributed by atoms with van der Waals surface area (Å²) in [6.45, 7) is 3.97. The maximum Gasteiger partial charge on any atom is 0.416 e. The minimum atomic E-state index is -4.36. The Labute approximate surface area is 167 Å². The van der Waals surface area contributed by atoms with Crippen molar-refractivity contribution in [1.82, 2.24) is 14.9 Å². The molecular weight excluding hydrogens is 379 g/mol. The van der Waals surface area contributed by atoms with Gasteiger partial charge in [0.25, 0.3) is 0 Å². The minimum absolute atomic E-state index is 0.340. The van der Waals surface area contributed by atoms with E-state index in [2.05, 4.69) is 25.5 Å². The fraction of sp³-hybridized carbons (Fsp3) is 0.333. The van der Waals surface area contributed by atoms with E-state index in [0.29, 0.717) is 17.5 Å². The second kappa shape index (κ2) is 8.24. The average Bonchev–Trinajstić information content (AvgIpc) is 3.21. The number of hydrogen-bond donors (Lipinski definition) is 2. The van der Waals surface area contributed by atoms with Gasteiger partial charge >= 0.3 is 6.18 Å². The highest BCUT2D eigenvalue weighted by atomic mass is 19.4. The molecule has 1 aromatic heterocycles. The van der Waals surface area contributed by atoms with Gasteiger partial charge in [0.1, 0.15) is 5.82 Å². The topological polar surface area (TPSA) is 53.1 Å². The molecule has 0 aliphatic carbocycles. The molecule has 29 heavy (non-hydrogen) atoms. The Morgan fingerprint density at radius 1 is 0.931 bits per heavy atom. The average molecular weight is 401 g/mol. The van der Waals surface area contributed by atoms with Gasteiger partial charge < -0.3 is 15.5 Å². The molecule has 2 heterocycles. The summed E-state index contributed by atoms with van der Waals surface area (Å²) in [6.07, 6.45) is -1.86. The normalized spacial score (nSPS) is 15.0. The first-order chi connectivity index (χ1) is 14.0. The van der Waals surface area contributed by atoms with Crippen LogP contribution in [0.2, 0.25) is 0 Å². The summed E-state index contributed by atoms with van der Waals surface area (Å²) in [4.78, 5) is 11.5. The number of halogens is 3. The van der Waals surface area contributed by atoms with Gasteiger partial charge in [0.2, 0.25) is 5.95 Å². The van der Waals surface area contributed by atoms with Crippen molar-refractivity contribution in [1.29, 1.82) is 0 Å². The Kier molecular flexibility index (Phi) is 5.53. The van der Waals surface area contributed by atoms with Gasteiger partial charge in [-0.2, -0.15) is 18.2 Å². The second-order valence-corrected chi connectivity index (χ2v) is 7.09. The van der Waals surface area contributed by atoms with Crippen molar-refractivity contribution in [3.05, 3.63) is 54.1 Å². The third-order valence-electron chi connectivity index (χ3n) is 4.99. The standard InChI is InChI=1S/C21H22F3N5/c22-21(23,24)15-7-9-16(10-8-15)26-20-27-18-6-2-1-5-17(18)19(28-20)25-11-14-29-12-3-4-13-29/h1-2,5-10H,3-4,11-14H2,(H2,25,26,27,28). The van der Waals surface area contributed by atoms with E-state index in [1.165, 1.54) is 25.0 Å². The molecule has 2 N–H and O–H groups in total. The van der Waals surface area contributed by atoms with Crippen LogP contribution in [-0.2, 0) is 6.18 Å². The molecule has 1 aliphatic rings. The zero-order valence-corrected chi connectivity index (χ0v) is 15.8.